The Morgan fingerprint density at radius 3 is 2.77 bits per heavy atom. The van der Waals surface area contributed by atoms with Gasteiger partial charge in [-0.25, -0.2) is 9.97 Å². The first-order valence-electron chi connectivity index (χ1n) is 4.27. The molecule has 0 aliphatic rings. The van der Waals surface area contributed by atoms with Gasteiger partial charge in [0, 0.05) is 21.8 Å². The molecular formula is C10H12N2S. The van der Waals surface area contributed by atoms with Crippen LogP contribution in [0.15, 0.2) is 17.9 Å². The molecule has 0 aromatic carbocycles. The van der Waals surface area contributed by atoms with Gasteiger partial charge in [0.15, 0.2) is 0 Å². The van der Waals surface area contributed by atoms with E-state index in [2.05, 4.69) is 36.1 Å². The topological polar surface area (TPSA) is 25.8 Å². The van der Waals surface area contributed by atoms with Crippen molar-refractivity contribution in [2.75, 3.05) is 0 Å². The Kier molecular flexibility index (Phi) is 1.84. The molecule has 2 nitrogen and oxygen atoms in total. The molecule has 0 atom stereocenters. The van der Waals surface area contributed by atoms with Gasteiger partial charge in [-0.3, -0.25) is 0 Å². The fraction of sp³-hybridized carbons (Fsp3) is 0.400. The third kappa shape index (κ3) is 1.44. The summed E-state index contributed by atoms with van der Waals surface area (Å²) in [4.78, 5) is 9.63. The van der Waals surface area contributed by atoms with Gasteiger partial charge in [0.05, 0.1) is 5.52 Å². The minimum absolute atomic E-state index is 0.192. The highest BCUT2D eigenvalue weighted by atomic mass is 32.1. The third-order valence-corrected chi connectivity index (χ3v) is 3.37. The van der Waals surface area contributed by atoms with Crippen LogP contribution in [0.4, 0.5) is 0 Å². The van der Waals surface area contributed by atoms with Crippen LogP contribution in [0.1, 0.15) is 25.6 Å². The van der Waals surface area contributed by atoms with Gasteiger partial charge < -0.3 is 0 Å². The van der Waals surface area contributed by atoms with E-state index in [4.69, 9.17) is 0 Å². The first-order chi connectivity index (χ1) is 6.09. The highest BCUT2D eigenvalue weighted by Gasteiger charge is 2.18. The van der Waals surface area contributed by atoms with Crippen molar-refractivity contribution in [1.82, 2.24) is 9.97 Å². The maximum absolute atomic E-state index is 4.21. The second-order valence-electron chi connectivity index (χ2n) is 4.14. The number of hydrogen-bond acceptors (Lipinski definition) is 3. The number of aromatic nitrogens is 2. The lowest BCUT2D eigenvalue weighted by Gasteiger charge is -2.16. The summed E-state index contributed by atoms with van der Waals surface area (Å²) >= 11 is 1.77. The van der Waals surface area contributed by atoms with E-state index >= 15 is 0 Å². The highest BCUT2D eigenvalue weighted by molar-refractivity contribution is 7.11. The number of fused-ring (bicyclic) bond motifs is 1. The first kappa shape index (κ1) is 8.63. The second-order valence-corrected chi connectivity index (χ2v) is 5.02. The van der Waals surface area contributed by atoms with Crippen molar-refractivity contribution >= 4 is 22.2 Å². The van der Waals surface area contributed by atoms with Crippen molar-refractivity contribution in [1.29, 1.82) is 0 Å². The van der Waals surface area contributed by atoms with Crippen LogP contribution in [0.5, 0.6) is 0 Å². The highest BCUT2D eigenvalue weighted by Crippen LogP contribution is 2.33. The van der Waals surface area contributed by atoms with Crippen LogP contribution < -0.4 is 0 Å². The van der Waals surface area contributed by atoms with E-state index in [-0.39, 0.29) is 5.41 Å². The van der Waals surface area contributed by atoms with Crippen molar-refractivity contribution in [3.05, 3.63) is 22.8 Å². The zero-order chi connectivity index (χ0) is 9.47. The van der Waals surface area contributed by atoms with Gasteiger partial charge in [-0.1, -0.05) is 20.8 Å². The van der Waals surface area contributed by atoms with Crippen LogP contribution >= 0.6 is 11.3 Å². The third-order valence-electron chi connectivity index (χ3n) is 1.96. The van der Waals surface area contributed by atoms with Gasteiger partial charge in [-0.2, -0.15) is 0 Å². The van der Waals surface area contributed by atoms with Gasteiger partial charge in [-0.15, -0.1) is 11.3 Å². The molecule has 2 rings (SSSR count). The second kappa shape index (κ2) is 2.77. The molecule has 0 amide bonds. The average Bonchev–Trinajstić information content (AvgIpc) is 2.45. The molecule has 68 valence electrons. The molecule has 0 aliphatic carbocycles. The Morgan fingerprint density at radius 2 is 2.08 bits per heavy atom. The normalized spacial score (nSPS) is 12.2. The maximum atomic E-state index is 4.21. The standard InChI is InChI=1S/C10H12N2S/c1-10(2,3)9-7-4-11-6-12-8(7)5-13-9/h4-6H,1-3H3. The SMILES string of the molecule is CC(C)(C)c1scc2ncncc12. The first-order valence-corrected chi connectivity index (χ1v) is 5.15. The Hall–Kier alpha value is -0.960. The van der Waals surface area contributed by atoms with Crippen LogP contribution in [-0.4, -0.2) is 9.97 Å². The quantitative estimate of drug-likeness (QED) is 0.641. The van der Waals surface area contributed by atoms with E-state index in [1.54, 1.807) is 17.7 Å². The molecule has 0 radical (unpaired) electrons. The van der Waals surface area contributed by atoms with E-state index in [1.807, 2.05) is 6.20 Å². The molecule has 0 N–H and O–H groups in total. The largest absolute Gasteiger partial charge is 0.244 e. The maximum Gasteiger partial charge on any atom is 0.116 e. The minimum Gasteiger partial charge on any atom is -0.244 e. The molecule has 13 heavy (non-hydrogen) atoms. The zero-order valence-corrected chi connectivity index (χ0v) is 8.85. The van der Waals surface area contributed by atoms with Crippen LogP contribution in [0, 0.1) is 0 Å². The molecule has 3 heteroatoms. The van der Waals surface area contributed by atoms with E-state index < -0.39 is 0 Å². The van der Waals surface area contributed by atoms with E-state index in [9.17, 15) is 0 Å². The van der Waals surface area contributed by atoms with Crippen LogP contribution in [0.2, 0.25) is 0 Å². The van der Waals surface area contributed by atoms with E-state index in [1.165, 1.54) is 10.3 Å². The summed E-state index contributed by atoms with van der Waals surface area (Å²) in [5, 5.41) is 3.29. The molecule has 2 heterocycles. The Labute approximate surface area is 81.7 Å². The van der Waals surface area contributed by atoms with Gasteiger partial charge in [0.2, 0.25) is 0 Å². The Bertz CT molecular complexity index is 426. The number of nitrogens with zero attached hydrogens (tertiary/aromatic N) is 2. The zero-order valence-electron chi connectivity index (χ0n) is 8.03. The van der Waals surface area contributed by atoms with E-state index in [0.29, 0.717) is 0 Å². The van der Waals surface area contributed by atoms with Gasteiger partial charge in [-0.05, 0) is 5.41 Å². The molecule has 2 aromatic rings. The fourth-order valence-electron chi connectivity index (χ4n) is 1.37. The predicted molar refractivity (Wildman–Crippen MR) is 56.1 cm³/mol. The lowest BCUT2D eigenvalue weighted by molar-refractivity contribution is 0.608. The Balaban J connectivity index is 2.72. The summed E-state index contributed by atoms with van der Waals surface area (Å²) in [6.07, 6.45) is 3.50. The number of thiophene rings is 1. The van der Waals surface area contributed by atoms with Crippen molar-refractivity contribution in [2.45, 2.75) is 26.2 Å². The number of hydrogen-bond donors (Lipinski definition) is 0. The van der Waals surface area contributed by atoms with Gasteiger partial charge in [0.1, 0.15) is 6.33 Å². The smallest absolute Gasteiger partial charge is 0.116 e. The molecule has 2 aromatic heterocycles. The molecule has 0 aliphatic heterocycles. The molecule has 0 spiro atoms. The summed E-state index contributed by atoms with van der Waals surface area (Å²) in [5.74, 6) is 0. The monoisotopic (exact) mass is 192 g/mol. The van der Waals surface area contributed by atoms with E-state index in [0.717, 1.165) is 5.52 Å². The summed E-state index contributed by atoms with van der Waals surface area (Å²) in [7, 11) is 0. The summed E-state index contributed by atoms with van der Waals surface area (Å²) < 4.78 is 0. The van der Waals surface area contributed by atoms with Gasteiger partial charge >= 0.3 is 0 Å². The van der Waals surface area contributed by atoms with Crippen LogP contribution in [-0.2, 0) is 5.41 Å². The lowest BCUT2D eigenvalue weighted by Crippen LogP contribution is -2.08. The summed E-state index contributed by atoms with van der Waals surface area (Å²) in [6, 6.07) is 0. The Morgan fingerprint density at radius 1 is 1.31 bits per heavy atom. The molecular weight excluding hydrogens is 180 g/mol. The minimum atomic E-state index is 0.192. The molecule has 0 bridgehead atoms. The van der Waals surface area contributed by atoms with Crippen molar-refractivity contribution in [2.24, 2.45) is 0 Å². The summed E-state index contributed by atoms with van der Waals surface area (Å²) in [6.45, 7) is 6.64. The van der Waals surface area contributed by atoms with Gasteiger partial charge in [0.25, 0.3) is 0 Å². The van der Waals surface area contributed by atoms with Crippen molar-refractivity contribution in [3.8, 4) is 0 Å². The average molecular weight is 192 g/mol. The molecule has 0 saturated heterocycles. The van der Waals surface area contributed by atoms with Crippen molar-refractivity contribution in [3.63, 3.8) is 0 Å². The van der Waals surface area contributed by atoms with Crippen LogP contribution in [0.25, 0.3) is 10.9 Å². The lowest BCUT2D eigenvalue weighted by atomic mass is 9.93. The number of rotatable bonds is 0. The predicted octanol–water partition coefficient (Wildman–Crippen LogP) is 2.99. The van der Waals surface area contributed by atoms with Crippen molar-refractivity contribution < 1.29 is 0 Å². The fourth-order valence-corrected chi connectivity index (χ4v) is 2.42. The molecule has 0 saturated carbocycles. The summed E-state index contributed by atoms with van der Waals surface area (Å²) in [5.41, 5.74) is 1.25. The molecule has 0 fully saturated rings. The molecule has 0 unspecified atom stereocenters. The van der Waals surface area contributed by atoms with Crippen LogP contribution in [0.3, 0.4) is 0 Å².